The van der Waals surface area contributed by atoms with Gasteiger partial charge in [0.15, 0.2) is 0 Å². The molecule has 0 spiro atoms. The first-order chi connectivity index (χ1) is 8.26. The zero-order chi connectivity index (χ0) is 12.3. The van der Waals surface area contributed by atoms with E-state index >= 15 is 0 Å². The maximum absolute atomic E-state index is 8.68. The summed E-state index contributed by atoms with van der Waals surface area (Å²) in [5.74, 6) is 0.331. The van der Waals surface area contributed by atoms with Crippen molar-refractivity contribution in [3.63, 3.8) is 0 Å². The molecule has 1 saturated carbocycles. The zero-order valence-electron chi connectivity index (χ0n) is 10.5. The monoisotopic (exact) mass is 241 g/mol. The summed E-state index contributed by atoms with van der Waals surface area (Å²) in [6.07, 6.45) is 5.74. The van der Waals surface area contributed by atoms with E-state index in [2.05, 4.69) is 17.0 Å². The van der Waals surface area contributed by atoms with Crippen LogP contribution in [-0.2, 0) is 4.74 Å². The van der Waals surface area contributed by atoms with E-state index in [0.29, 0.717) is 30.4 Å². The molecule has 5 heteroatoms. The lowest BCUT2D eigenvalue weighted by Crippen LogP contribution is -2.53. The van der Waals surface area contributed by atoms with Gasteiger partial charge in [0.05, 0.1) is 12.7 Å². The number of morpholine rings is 1. The number of nitrogens with zero attached hydrogens (tertiary/aromatic N) is 2. The van der Waals surface area contributed by atoms with Crippen LogP contribution in [0.15, 0.2) is 5.16 Å². The standard InChI is InChI=1S/C12H23N3O2/c1-2-9(8-12(13)14-16)15-6-7-17-11-5-3-4-10(11)15/h9-11,16H,2-8H2,1H3,(H2,13,14). The van der Waals surface area contributed by atoms with Crippen molar-refractivity contribution in [3.05, 3.63) is 0 Å². The van der Waals surface area contributed by atoms with Crippen LogP contribution < -0.4 is 5.73 Å². The molecule has 2 rings (SSSR count). The van der Waals surface area contributed by atoms with Crippen LogP contribution >= 0.6 is 0 Å². The molecule has 0 amide bonds. The Balaban J connectivity index is 2.02. The van der Waals surface area contributed by atoms with Gasteiger partial charge in [-0.1, -0.05) is 12.1 Å². The summed E-state index contributed by atoms with van der Waals surface area (Å²) in [6.45, 7) is 3.95. The fourth-order valence-corrected chi connectivity index (χ4v) is 3.19. The lowest BCUT2D eigenvalue weighted by atomic mass is 10.0. The predicted octanol–water partition coefficient (Wildman–Crippen LogP) is 1.15. The number of rotatable bonds is 4. The number of ether oxygens (including phenoxy) is 1. The Hall–Kier alpha value is -0.810. The highest BCUT2D eigenvalue weighted by molar-refractivity contribution is 5.80. The Morgan fingerprint density at radius 3 is 3.12 bits per heavy atom. The van der Waals surface area contributed by atoms with Crippen molar-refractivity contribution in [1.29, 1.82) is 0 Å². The average molecular weight is 241 g/mol. The normalized spacial score (nSPS) is 32.4. The highest BCUT2D eigenvalue weighted by Gasteiger charge is 2.38. The minimum atomic E-state index is 0.331. The molecule has 0 radical (unpaired) electrons. The van der Waals surface area contributed by atoms with E-state index in [0.717, 1.165) is 19.6 Å². The summed E-state index contributed by atoms with van der Waals surface area (Å²) in [5, 5.41) is 11.8. The molecular weight excluding hydrogens is 218 g/mol. The van der Waals surface area contributed by atoms with Crippen molar-refractivity contribution in [2.45, 2.75) is 57.2 Å². The fraction of sp³-hybridized carbons (Fsp3) is 0.917. The van der Waals surface area contributed by atoms with Gasteiger partial charge in [-0.25, -0.2) is 0 Å². The van der Waals surface area contributed by atoms with Gasteiger partial charge < -0.3 is 15.7 Å². The Labute approximate surface area is 103 Å². The third-order valence-corrected chi connectivity index (χ3v) is 4.04. The summed E-state index contributed by atoms with van der Waals surface area (Å²) in [6, 6.07) is 0.917. The van der Waals surface area contributed by atoms with Gasteiger partial charge in [-0.15, -0.1) is 0 Å². The van der Waals surface area contributed by atoms with E-state index in [4.69, 9.17) is 15.7 Å². The van der Waals surface area contributed by atoms with Gasteiger partial charge in [-0.2, -0.15) is 0 Å². The number of oxime groups is 1. The molecule has 1 saturated heterocycles. The van der Waals surface area contributed by atoms with Crippen molar-refractivity contribution in [2.24, 2.45) is 10.9 Å². The molecule has 0 aromatic rings. The maximum Gasteiger partial charge on any atom is 0.140 e. The fourth-order valence-electron chi connectivity index (χ4n) is 3.19. The molecule has 0 aromatic carbocycles. The lowest BCUT2D eigenvalue weighted by molar-refractivity contribution is -0.0712. The first-order valence-corrected chi connectivity index (χ1v) is 6.60. The summed E-state index contributed by atoms with van der Waals surface area (Å²) in [7, 11) is 0. The van der Waals surface area contributed by atoms with Gasteiger partial charge in [0.2, 0.25) is 0 Å². The molecule has 3 atom stereocenters. The molecular formula is C12H23N3O2. The minimum absolute atomic E-state index is 0.331. The van der Waals surface area contributed by atoms with E-state index in [1.165, 1.54) is 19.3 Å². The van der Waals surface area contributed by atoms with Gasteiger partial charge in [0.1, 0.15) is 5.84 Å². The molecule has 0 bridgehead atoms. The minimum Gasteiger partial charge on any atom is -0.409 e. The van der Waals surface area contributed by atoms with Crippen LogP contribution in [-0.4, -0.2) is 47.3 Å². The molecule has 3 unspecified atom stereocenters. The smallest absolute Gasteiger partial charge is 0.140 e. The first kappa shape index (κ1) is 12.6. The summed E-state index contributed by atoms with van der Waals surface area (Å²) >= 11 is 0. The quantitative estimate of drug-likeness (QED) is 0.335. The van der Waals surface area contributed by atoms with Crippen LogP contribution in [0.2, 0.25) is 0 Å². The summed E-state index contributed by atoms with van der Waals surface area (Å²) in [5.41, 5.74) is 5.64. The zero-order valence-corrected chi connectivity index (χ0v) is 10.5. The van der Waals surface area contributed by atoms with E-state index in [1.54, 1.807) is 0 Å². The van der Waals surface area contributed by atoms with Crippen LogP contribution in [0.25, 0.3) is 0 Å². The number of fused-ring (bicyclic) bond motifs is 1. The molecule has 5 nitrogen and oxygen atoms in total. The third-order valence-electron chi connectivity index (χ3n) is 4.04. The molecule has 0 aromatic heterocycles. The van der Waals surface area contributed by atoms with Gasteiger partial charge in [-0.3, -0.25) is 4.90 Å². The number of amidine groups is 1. The van der Waals surface area contributed by atoms with Gasteiger partial charge in [-0.05, 0) is 25.7 Å². The SMILES string of the molecule is CCC(CC(N)=NO)N1CCOC2CCCC21. The number of nitrogens with two attached hydrogens (primary N) is 1. The second-order valence-electron chi connectivity index (χ2n) is 5.00. The van der Waals surface area contributed by atoms with Crippen LogP contribution in [0.5, 0.6) is 0 Å². The van der Waals surface area contributed by atoms with Gasteiger partial charge in [0, 0.05) is 25.0 Å². The van der Waals surface area contributed by atoms with Crippen LogP contribution in [0.4, 0.5) is 0 Å². The molecule has 17 heavy (non-hydrogen) atoms. The molecule has 98 valence electrons. The number of hydrogen-bond acceptors (Lipinski definition) is 4. The molecule has 1 aliphatic heterocycles. The van der Waals surface area contributed by atoms with Crippen LogP contribution in [0.1, 0.15) is 39.0 Å². The third kappa shape index (κ3) is 2.72. The molecule has 1 heterocycles. The molecule has 2 fully saturated rings. The Bertz CT molecular complexity index is 283. The highest BCUT2D eigenvalue weighted by atomic mass is 16.5. The van der Waals surface area contributed by atoms with Crippen molar-refractivity contribution >= 4 is 5.84 Å². The second-order valence-corrected chi connectivity index (χ2v) is 5.00. The van der Waals surface area contributed by atoms with Crippen molar-refractivity contribution in [2.75, 3.05) is 13.2 Å². The first-order valence-electron chi connectivity index (χ1n) is 6.60. The highest BCUT2D eigenvalue weighted by Crippen LogP contribution is 2.32. The molecule has 1 aliphatic carbocycles. The molecule has 3 N–H and O–H groups in total. The lowest BCUT2D eigenvalue weighted by Gasteiger charge is -2.42. The largest absolute Gasteiger partial charge is 0.409 e. The Kier molecular flexibility index (Phi) is 4.23. The summed E-state index contributed by atoms with van der Waals surface area (Å²) in [4.78, 5) is 2.51. The van der Waals surface area contributed by atoms with E-state index < -0.39 is 0 Å². The van der Waals surface area contributed by atoms with E-state index in [-0.39, 0.29) is 0 Å². The van der Waals surface area contributed by atoms with Gasteiger partial charge in [0.25, 0.3) is 0 Å². The van der Waals surface area contributed by atoms with Gasteiger partial charge >= 0.3 is 0 Å². The van der Waals surface area contributed by atoms with Crippen LogP contribution in [0, 0.1) is 0 Å². The summed E-state index contributed by atoms with van der Waals surface area (Å²) < 4.78 is 5.81. The average Bonchev–Trinajstić information content (AvgIpc) is 2.83. The van der Waals surface area contributed by atoms with Crippen LogP contribution in [0.3, 0.4) is 0 Å². The van der Waals surface area contributed by atoms with E-state index in [9.17, 15) is 0 Å². The Morgan fingerprint density at radius 1 is 1.59 bits per heavy atom. The second kappa shape index (κ2) is 5.69. The van der Waals surface area contributed by atoms with Crippen molar-refractivity contribution in [1.82, 2.24) is 4.90 Å². The Morgan fingerprint density at radius 2 is 2.41 bits per heavy atom. The molecule has 2 aliphatic rings. The maximum atomic E-state index is 8.68. The van der Waals surface area contributed by atoms with Crippen molar-refractivity contribution in [3.8, 4) is 0 Å². The topological polar surface area (TPSA) is 71.1 Å². The predicted molar refractivity (Wildman–Crippen MR) is 66.2 cm³/mol. The van der Waals surface area contributed by atoms with E-state index in [1.807, 2.05) is 0 Å². The number of hydrogen-bond donors (Lipinski definition) is 2. The van der Waals surface area contributed by atoms with Crippen molar-refractivity contribution < 1.29 is 9.94 Å².